The first kappa shape index (κ1) is 23.9. The number of pyridine rings is 1. The molecule has 1 aromatic heterocycles. The van der Waals surface area contributed by atoms with Gasteiger partial charge in [0.1, 0.15) is 11.4 Å². The third-order valence-electron chi connectivity index (χ3n) is 6.27. The van der Waals surface area contributed by atoms with Crippen LogP contribution in [-0.4, -0.2) is 54.1 Å². The lowest BCUT2D eigenvalue weighted by molar-refractivity contribution is -0.132. The first-order valence-corrected chi connectivity index (χ1v) is 10.9. The first-order valence-electron chi connectivity index (χ1n) is 10.6. The Hall–Kier alpha value is -3.24. The molecule has 0 atom stereocenters. The number of ether oxygens (including phenoxy) is 2. The van der Waals surface area contributed by atoms with E-state index in [2.05, 4.69) is 5.32 Å². The maximum atomic E-state index is 14.2. The van der Waals surface area contributed by atoms with Gasteiger partial charge < -0.3 is 24.3 Å². The van der Waals surface area contributed by atoms with Crippen LogP contribution in [0, 0.1) is 5.82 Å². The molecule has 180 valence electrons. The Morgan fingerprint density at radius 2 is 2.00 bits per heavy atom. The number of methoxy groups -OCH3 is 1. The van der Waals surface area contributed by atoms with Gasteiger partial charge in [-0.2, -0.15) is 0 Å². The van der Waals surface area contributed by atoms with Gasteiger partial charge in [-0.25, -0.2) is 4.39 Å². The zero-order valence-corrected chi connectivity index (χ0v) is 19.6. The highest BCUT2D eigenvalue weighted by atomic mass is 35.5. The lowest BCUT2D eigenvalue weighted by Gasteiger charge is -2.53. The number of aromatic nitrogens is 1. The number of hydrogen-bond acceptors (Lipinski definition) is 6. The number of nitrogens with one attached hydrogen (secondary N) is 1. The van der Waals surface area contributed by atoms with Gasteiger partial charge in [0.25, 0.3) is 11.8 Å². The quantitative estimate of drug-likeness (QED) is 0.642. The van der Waals surface area contributed by atoms with E-state index in [0.717, 1.165) is 6.92 Å². The van der Waals surface area contributed by atoms with Crippen LogP contribution < -0.4 is 15.5 Å². The van der Waals surface area contributed by atoms with Gasteiger partial charge in [-0.3, -0.25) is 19.2 Å². The van der Waals surface area contributed by atoms with Crippen molar-refractivity contribution in [2.45, 2.75) is 38.0 Å². The number of esters is 1. The monoisotopic (exact) mass is 491 g/mol. The van der Waals surface area contributed by atoms with Gasteiger partial charge in [-0.15, -0.1) is 0 Å². The lowest BCUT2D eigenvalue weighted by Crippen LogP contribution is -2.61. The molecule has 2 amide bonds. The highest BCUT2D eigenvalue weighted by Crippen LogP contribution is 2.45. The van der Waals surface area contributed by atoms with Crippen LogP contribution in [0.15, 0.2) is 29.2 Å². The summed E-state index contributed by atoms with van der Waals surface area (Å²) in [5, 5.41) is 2.41. The minimum atomic E-state index is -0.910. The second-order valence-corrected chi connectivity index (χ2v) is 8.97. The average Bonchev–Trinajstić information content (AvgIpc) is 2.76. The summed E-state index contributed by atoms with van der Waals surface area (Å²) in [5.74, 6) is -3.31. The number of fused-ring (bicyclic) bond motifs is 2. The predicted molar refractivity (Wildman–Crippen MR) is 120 cm³/mol. The Morgan fingerprint density at radius 3 is 2.65 bits per heavy atom. The largest absolute Gasteiger partial charge is 0.420 e. The molecule has 1 fully saturated rings. The minimum Gasteiger partial charge on any atom is -0.420 e. The van der Waals surface area contributed by atoms with E-state index in [9.17, 15) is 23.6 Å². The van der Waals surface area contributed by atoms with Gasteiger partial charge in [-0.1, -0.05) is 23.7 Å². The fourth-order valence-corrected chi connectivity index (χ4v) is 4.77. The molecular formula is C23H23ClFN3O6. The Balaban J connectivity index is 1.78. The molecule has 0 bridgehead atoms. The van der Waals surface area contributed by atoms with Crippen molar-refractivity contribution in [2.24, 2.45) is 0 Å². The van der Waals surface area contributed by atoms with E-state index < -0.39 is 40.3 Å². The third-order valence-corrected chi connectivity index (χ3v) is 6.56. The SMILES string of the molecule is COC1CC2(C1)CN(C)C(=O)c1c(OC(C)=O)c(=O)c(C(=O)NCc3cccc(Cl)c3F)cn12. The van der Waals surface area contributed by atoms with Crippen LogP contribution in [-0.2, 0) is 21.6 Å². The molecule has 1 aliphatic heterocycles. The van der Waals surface area contributed by atoms with Gasteiger partial charge >= 0.3 is 5.97 Å². The highest BCUT2D eigenvalue weighted by Gasteiger charge is 2.52. The zero-order chi connectivity index (χ0) is 24.8. The highest BCUT2D eigenvalue weighted by molar-refractivity contribution is 6.30. The first-order chi connectivity index (χ1) is 16.1. The molecule has 2 heterocycles. The normalized spacial score (nSPS) is 21.1. The molecule has 2 aliphatic rings. The van der Waals surface area contributed by atoms with Crippen molar-refractivity contribution >= 4 is 29.4 Å². The van der Waals surface area contributed by atoms with Crippen molar-refractivity contribution in [2.75, 3.05) is 20.7 Å². The van der Waals surface area contributed by atoms with E-state index in [4.69, 9.17) is 21.1 Å². The van der Waals surface area contributed by atoms with Crippen molar-refractivity contribution < 1.29 is 28.2 Å². The van der Waals surface area contributed by atoms with Crippen LogP contribution >= 0.6 is 11.6 Å². The molecule has 0 saturated heterocycles. The predicted octanol–water partition coefficient (Wildman–Crippen LogP) is 2.09. The minimum absolute atomic E-state index is 0.0610. The fraction of sp³-hybridized carbons (Fsp3) is 0.391. The van der Waals surface area contributed by atoms with E-state index in [1.165, 1.54) is 29.3 Å². The maximum Gasteiger partial charge on any atom is 0.308 e. The molecule has 4 rings (SSSR count). The molecule has 1 aromatic carbocycles. The zero-order valence-electron chi connectivity index (χ0n) is 18.8. The van der Waals surface area contributed by atoms with Gasteiger partial charge in [0, 0.05) is 45.9 Å². The number of carbonyl (C=O) groups is 3. The molecule has 2 aromatic rings. The summed E-state index contributed by atoms with van der Waals surface area (Å²) in [4.78, 5) is 52.4. The molecule has 1 saturated carbocycles. The summed E-state index contributed by atoms with van der Waals surface area (Å²) in [6.45, 7) is 1.20. The second-order valence-electron chi connectivity index (χ2n) is 8.56. The van der Waals surface area contributed by atoms with Crippen LogP contribution in [0.1, 0.15) is 46.2 Å². The van der Waals surface area contributed by atoms with Crippen molar-refractivity contribution in [3.63, 3.8) is 0 Å². The van der Waals surface area contributed by atoms with Gasteiger partial charge in [0.2, 0.25) is 11.2 Å². The molecule has 1 spiro atoms. The van der Waals surface area contributed by atoms with Crippen LogP contribution in [0.2, 0.25) is 5.02 Å². The van der Waals surface area contributed by atoms with E-state index in [1.54, 1.807) is 18.7 Å². The van der Waals surface area contributed by atoms with Crippen molar-refractivity contribution in [1.82, 2.24) is 14.8 Å². The van der Waals surface area contributed by atoms with Crippen LogP contribution in [0.3, 0.4) is 0 Å². The Morgan fingerprint density at radius 1 is 1.29 bits per heavy atom. The smallest absolute Gasteiger partial charge is 0.308 e. The summed E-state index contributed by atoms with van der Waals surface area (Å²) < 4.78 is 26.3. The molecule has 9 nitrogen and oxygen atoms in total. The van der Waals surface area contributed by atoms with Gasteiger partial charge in [-0.05, 0) is 18.9 Å². The molecule has 34 heavy (non-hydrogen) atoms. The number of amides is 2. The Labute approximate surface area is 199 Å². The standard InChI is InChI=1S/C23H23ClFN3O6/c1-12(29)34-20-18-22(32)27(2)11-23(7-14(8-23)33-3)28(18)10-15(19(20)30)21(31)26-9-13-5-4-6-16(24)17(13)25/h4-6,10,14H,7-9,11H2,1-3H3,(H,26,31). The number of halogens is 2. The molecule has 1 N–H and O–H groups in total. The van der Waals surface area contributed by atoms with E-state index in [1.807, 2.05) is 0 Å². The van der Waals surface area contributed by atoms with Crippen molar-refractivity contribution in [1.29, 1.82) is 0 Å². The summed E-state index contributed by atoms with van der Waals surface area (Å²) in [6, 6.07) is 4.37. The number of rotatable bonds is 5. The van der Waals surface area contributed by atoms with Crippen LogP contribution in [0.5, 0.6) is 5.75 Å². The molecule has 1 aliphatic carbocycles. The van der Waals surface area contributed by atoms with E-state index >= 15 is 0 Å². The molecular weight excluding hydrogens is 469 g/mol. The van der Waals surface area contributed by atoms with E-state index in [0.29, 0.717) is 19.4 Å². The summed E-state index contributed by atoms with van der Waals surface area (Å²) >= 11 is 5.79. The number of carbonyl (C=O) groups excluding carboxylic acids is 3. The van der Waals surface area contributed by atoms with Gasteiger partial charge in [0.05, 0.1) is 16.7 Å². The fourth-order valence-electron chi connectivity index (χ4n) is 4.57. The van der Waals surface area contributed by atoms with Gasteiger partial charge in [0.15, 0.2) is 5.69 Å². The third kappa shape index (κ3) is 3.97. The molecule has 11 heteroatoms. The van der Waals surface area contributed by atoms with E-state index in [-0.39, 0.29) is 34.5 Å². The Bertz CT molecular complexity index is 1250. The topological polar surface area (TPSA) is 107 Å². The van der Waals surface area contributed by atoms with Crippen molar-refractivity contribution in [3.8, 4) is 5.75 Å². The lowest BCUT2D eigenvalue weighted by atomic mass is 9.72. The summed E-state index contributed by atoms with van der Waals surface area (Å²) in [6.07, 6.45) is 2.32. The molecule has 0 unspecified atom stereocenters. The number of likely N-dealkylation sites (N-methyl/N-ethyl adjacent to an activating group) is 1. The van der Waals surface area contributed by atoms with Crippen LogP contribution in [0.4, 0.5) is 4.39 Å². The second kappa shape index (κ2) is 8.84. The number of nitrogens with zero attached hydrogens (tertiary/aromatic N) is 2. The number of benzene rings is 1. The molecule has 0 radical (unpaired) electrons. The average molecular weight is 492 g/mol. The Kier molecular flexibility index (Phi) is 6.22. The maximum absolute atomic E-state index is 14.2. The van der Waals surface area contributed by atoms with Crippen LogP contribution in [0.25, 0.3) is 0 Å². The van der Waals surface area contributed by atoms with Crippen molar-refractivity contribution in [3.05, 3.63) is 62.3 Å². The summed E-state index contributed by atoms with van der Waals surface area (Å²) in [7, 11) is 3.18. The number of hydrogen-bond donors (Lipinski definition) is 1. The summed E-state index contributed by atoms with van der Waals surface area (Å²) in [5.41, 5.74) is -1.84.